The average Bonchev–Trinajstić information content (AvgIpc) is 2.48. The molecule has 0 heterocycles. The molecule has 1 aromatic rings. The maximum Gasteiger partial charge on any atom is 0.161 e. The second-order valence-electron chi connectivity index (χ2n) is 9.29. The Kier molecular flexibility index (Phi) is 3.28. The number of rotatable bonds is 3. The Balaban J connectivity index is 1.77. The molecule has 4 aliphatic rings. The fourth-order valence-corrected chi connectivity index (χ4v) is 6.18. The molecule has 0 aromatic heterocycles. The highest BCUT2D eigenvalue weighted by molar-refractivity contribution is 5.55. The molecule has 4 saturated carbocycles. The van der Waals surface area contributed by atoms with E-state index in [0.717, 1.165) is 35.3 Å². The molecule has 0 spiro atoms. The molecule has 0 aliphatic heterocycles. The summed E-state index contributed by atoms with van der Waals surface area (Å²) in [6, 6.07) is 4.21. The van der Waals surface area contributed by atoms with Gasteiger partial charge in [-0.2, -0.15) is 0 Å². The fraction of sp³-hybridized carbons (Fsp3) is 0.714. The van der Waals surface area contributed by atoms with E-state index in [1.807, 2.05) is 0 Å². The third-order valence-corrected chi connectivity index (χ3v) is 7.37. The summed E-state index contributed by atoms with van der Waals surface area (Å²) < 4.78 is 0. The van der Waals surface area contributed by atoms with Crippen molar-refractivity contribution in [1.29, 1.82) is 0 Å². The van der Waals surface area contributed by atoms with Crippen molar-refractivity contribution in [3.8, 4) is 11.5 Å². The third kappa shape index (κ3) is 2.21. The van der Waals surface area contributed by atoms with Crippen LogP contribution in [-0.4, -0.2) is 10.2 Å². The van der Waals surface area contributed by atoms with Crippen molar-refractivity contribution in [1.82, 2.24) is 0 Å². The van der Waals surface area contributed by atoms with Gasteiger partial charge in [0.2, 0.25) is 0 Å². The number of benzene rings is 1. The van der Waals surface area contributed by atoms with Gasteiger partial charge in [0.25, 0.3) is 0 Å². The van der Waals surface area contributed by atoms with Gasteiger partial charge in [-0.05, 0) is 73.5 Å². The minimum absolute atomic E-state index is 0.110. The molecular formula is C21H30O2. The number of aromatic hydroxyl groups is 2. The minimum atomic E-state index is -0.110. The van der Waals surface area contributed by atoms with Crippen LogP contribution in [0.1, 0.15) is 76.8 Å². The first-order valence-corrected chi connectivity index (χ1v) is 9.40. The summed E-state index contributed by atoms with van der Waals surface area (Å²) in [4.78, 5) is 0. The second-order valence-corrected chi connectivity index (χ2v) is 9.29. The smallest absolute Gasteiger partial charge is 0.161 e. The molecule has 0 atom stereocenters. The van der Waals surface area contributed by atoms with Crippen LogP contribution < -0.4 is 0 Å². The molecule has 5 rings (SSSR count). The fourth-order valence-electron chi connectivity index (χ4n) is 6.18. The molecule has 2 N–H and O–H groups in total. The Morgan fingerprint density at radius 1 is 0.957 bits per heavy atom. The molecule has 4 fully saturated rings. The Morgan fingerprint density at radius 3 is 1.96 bits per heavy atom. The van der Waals surface area contributed by atoms with Crippen molar-refractivity contribution in [2.45, 2.75) is 76.5 Å². The van der Waals surface area contributed by atoms with Gasteiger partial charge in [-0.3, -0.25) is 0 Å². The molecule has 1 aromatic carbocycles. The van der Waals surface area contributed by atoms with Crippen LogP contribution in [0.5, 0.6) is 11.5 Å². The van der Waals surface area contributed by atoms with E-state index in [9.17, 15) is 10.2 Å². The Labute approximate surface area is 139 Å². The zero-order chi connectivity index (χ0) is 16.4. The normalized spacial score (nSPS) is 35.7. The van der Waals surface area contributed by atoms with Gasteiger partial charge in [-0.15, -0.1) is 0 Å². The van der Waals surface area contributed by atoms with Crippen LogP contribution in [0.4, 0.5) is 0 Å². The zero-order valence-electron chi connectivity index (χ0n) is 14.7. The van der Waals surface area contributed by atoms with E-state index >= 15 is 0 Å². The van der Waals surface area contributed by atoms with Crippen molar-refractivity contribution in [3.63, 3.8) is 0 Å². The number of phenolic OH excluding ortho intramolecular Hbond substituents is 2. The quantitative estimate of drug-likeness (QED) is 0.748. The first kappa shape index (κ1) is 15.4. The molecule has 23 heavy (non-hydrogen) atoms. The van der Waals surface area contributed by atoms with Crippen molar-refractivity contribution in [3.05, 3.63) is 23.3 Å². The van der Waals surface area contributed by atoms with Crippen molar-refractivity contribution < 1.29 is 10.2 Å². The van der Waals surface area contributed by atoms with Gasteiger partial charge in [-0.25, -0.2) is 0 Å². The summed E-state index contributed by atoms with van der Waals surface area (Å²) in [7, 11) is 0. The molecular weight excluding hydrogens is 284 g/mol. The topological polar surface area (TPSA) is 40.5 Å². The molecule has 4 aliphatic carbocycles. The van der Waals surface area contributed by atoms with E-state index in [2.05, 4.69) is 32.9 Å². The highest BCUT2D eigenvalue weighted by Gasteiger charge is 2.52. The van der Waals surface area contributed by atoms with Crippen LogP contribution in [0, 0.1) is 17.8 Å². The van der Waals surface area contributed by atoms with Crippen LogP contribution in [0.2, 0.25) is 0 Å². The third-order valence-electron chi connectivity index (χ3n) is 7.37. The lowest BCUT2D eigenvalue weighted by Gasteiger charge is -2.57. The van der Waals surface area contributed by atoms with Crippen LogP contribution in [-0.2, 0) is 10.8 Å². The Bertz CT molecular complexity index is 594. The zero-order valence-corrected chi connectivity index (χ0v) is 14.7. The average molecular weight is 314 g/mol. The van der Waals surface area contributed by atoms with Crippen LogP contribution in [0.25, 0.3) is 0 Å². The van der Waals surface area contributed by atoms with Gasteiger partial charge in [0, 0.05) is 11.1 Å². The summed E-state index contributed by atoms with van der Waals surface area (Å²) >= 11 is 0. The van der Waals surface area contributed by atoms with Crippen LogP contribution >= 0.6 is 0 Å². The number of phenols is 2. The van der Waals surface area contributed by atoms with Gasteiger partial charge in [0.1, 0.15) is 0 Å². The van der Waals surface area contributed by atoms with Crippen molar-refractivity contribution in [2.75, 3.05) is 0 Å². The van der Waals surface area contributed by atoms with Crippen LogP contribution in [0.3, 0.4) is 0 Å². The summed E-state index contributed by atoms with van der Waals surface area (Å²) in [5, 5.41) is 21.5. The van der Waals surface area contributed by atoms with Gasteiger partial charge in [0.05, 0.1) is 0 Å². The number of hydrogen-bond donors (Lipinski definition) is 2. The predicted molar refractivity (Wildman–Crippen MR) is 92.9 cm³/mol. The first-order chi connectivity index (χ1) is 10.8. The Morgan fingerprint density at radius 2 is 1.48 bits per heavy atom. The molecule has 2 nitrogen and oxygen atoms in total. The lowest BCUT2D eigenvalue weighted by atomic mass is 9.48. The lowest BCUT2D eigenvalue weighted by molar-refractivity contribution is -0.00629. The minimum Gasteiger partial charge on any atom is -0.504 e. The summed E-state index contributed by atoms with van der Waals surface area (Å²) in [5.74, 6) is 2.83. The highest BCUT2D eigenvalue weighted by Crippen LogP contribution is 2.62. The molecule has 4 bridgehead atoms. The van der Waals surface area contributed by atoms with Gasteiger partial charge >= 0.3 is 0 Å². The molecule has 2 heteroatoms. The molecule has 0 saturated heterocycles. The maximum atomic E-state index is 10.8. The monoisotopic (exact) mass is 314 g/mol. The second kappa shape index (κ2) is 4.91. The number of hydrogen-bond acceptors (Lipinski definition) is 2. The van der Waals surface area contributed by atoms with E-state index < -0.39 is 0 Å². The first-order valence-electron chi connectivity index (χ1n) is 9.40. The SMILES string of the molecule is CCC(C)(C)c1ccc(C23CC4CC(CC(C4)C2)C3)c(O)c1O. The summed E-state index contributed by atoms with van der Waals surface area (Å²) in [6.07, 6.45) is 8.76. The molecule has 0 unspecified atom stereocenters. The van der Waals surface area contributed by atoms with E-state index in [4.69, 9.17) is 0 Å². The standard InChI is InChI=1S/C21H30O2/c1-4-20(2,3)16-5-6-17(19(23)18(16)22)21-10-13-7-14(11-21)9-15(8-13)12-21/h5-6,13-15,22-23H,4,7-12H2,1-3H3. The van der Waals surface area contributed by atoms with Crippen molar-refractivity contribution in [2.24, 2.45) is 17.8 Å². The molecule has 0 radical (unpaired) electrons. The van der Waals surface area contributed by atoms with Crippen LogP contribution in [0.15, 0.2) is 12.1 Å². The van der Waals surface area contributed by atoms with Gasteiger partial charge in [0.15, 0.2) is 11.5 Å². The van der Waals surface area contributed by atoms with E-state index in [1.165, 1.54) is 38.5 Å². The largest absolute Gasteiger partial charge is 0.504 e. The maximum absolute atomic E-state index is 10.8. The van der Waals surface area contributed by atoms with Gasteiger partial charge in [-0.1, -0.05) is 32.9 Å². The van der Waals surface area contributed by atoms with E-state index in [1.54, 1.807) is 0 Å². The predicted octanol–water partition coefficient (Wildman–Crippen LogP) is 5.25. The van der Waals surface area contributed by atoms with Crippen molar-refractivity contribution >= 4 is 0 Å². The van der Waals surface area contributed by atoms with Gasteiger partial charge < -0.3 is 10.2 Å². The molecule has 0 amide bonds. The molecule has 126 valence electrons. The summed E-state index contributed by atoms with van der Waals surface area (Å²) in [5.41, 5.74) is 1.93. The van der Waals surface area contributed by atoms with E-state index in [0.29, 0.717) is 0 Å². The Hall–Kier alpha value is -1.18. The van der Waals surface area contributed by atoms with E-state index in [-0.39, 0.29) is 22.3 Å². The highest BCUT2D eigenvalue weighted by atomic mass is 16.3. The summed E-state index contributed by atoms with van der Waals surface area (Å²) in [6.45, 7) is 6.39. The lowest BCUT2D eigenvalue weighted by Crippen LogP contribution is -2.48.